The summed E-state index contributed by atoms with van der Waals surface area (Å²) in [6.45, 7) is 2.37. The van der Waals surface area contributed by atoms with Gasteiger partial charge in [0.1, 0.15) is 6.07 Å². The minimum absolute atomic E-state index is 0.0193. The van der Waals surface area contributed by atoms with Crippen molar-refractivity contribution >= 4 is 28.1 Å². The lowest BCUT2D eigenvalue weighted by Gasteiger charge is -2.45. The number of benzene rings is 1. The van der Waals surface area contributed by atoms with Crippen LogP contribution in [0.3, 0.4) is 0 Å². The van der Waals surface area contributed by atoms with Gasteiger partial charge in [-0.15, -0.1) is 10.8 Å². The van der Waals surface area contributed by atoms with Gasteiger partial charge in [-0.2, -0.15) is 5.26 Å². The second-order valence-corrected chi connectivity index (χ2v) is 9.38. The summed E-state index contributed by atoms with van der Waals surface area (Å²) < 4.78 is 23.5. The van der Waals surface area contributed by atoms with Gasteiger partial charge in [-0.05, 0) is 43.4 Å². The van der Waals surface area contributed by atoms with E-state index in [2.05, 4.69) is 0 Å². The molecule has 124 valence electrons. The maximum absolute atomic E-state index is 10.9. The maximum Gasteiger partial charge on any atom is 0.101 e. The van der Waals surface area contributed by atoms with Crippen LogP contribution in [0.5, 0.6) is 0 Å². The first kappa shape index (κ1) is 15.6. The van der Waals surface area contributed by atoms with Crippen molar-refractivity contribution in [3.05, 3.63) is 28.3 Å². The Morgan fingerprint density at radius 2 is 2.04 bits per heavy atom. The van der Waals surface area contributed by atoms with Crippen molar-refractivity contribution in [2.45, 2.75) is 31.1 Å². The van der Waals surface area contributed by atoms with Crippen molar-refractivity contribution in [1.29, 1.82) is 5.26 Å². The van der Waals surface area contributed by atoms with Crippen molar-refractivity contribution < 1.29 is 14.2 Å². The number of aliphatic hydroxyl groups is 1. The van der Waals surface area contributed by atoms with Crippen molar-refractivity contribution in [2.75, 3.05) is 10.8 Å². The molecule has 5 atom stereocenters. The fourth-order valence-corrected chi connectivity index (χ4v) is 7.73. The van der Waals surface area contributed by atoms with Crippen molar-refractivity contribution in [3.63, 3.8) is 0 Å². The average molecular weight is 355 g/mol. The summed E-state index contributed by atoms with van der Waals surface area (Å²) in [6.07, 6.45) is 1.24. The van der Waals surface area contributed by atoms with Crippen LogP contribution in [0.25, 0.3) is 0 Å². The standard InChI is InChI=1S/C16H19ClN2O3S/c1-8-13(3-2-9(6-18)15(8)17)19-7-12-10-4-11(14(20)5-10)16(12)23(19,21)22/h2-3,10-12,14,16,20-22H,4-5,7H2,1H3/t10-,11-,12+,14+,16-/m1/s1. The lowest BCUT2D eigenvalue weighted by Crippen LogP contribution is -2.36. The van der Waals surface area contributed by atoms with Gasteiger partial charge in [0.2, 0.25) is 0 Å². The van der Waals surface area contributed by atoms with Crippen molar-refractivity contribution in [2.24, 2.45) is 17.8 Å². The Balaban J connectivity index is 1.75. The smallest absolute Gasteiger partial charge is 0.101 e. The molecule has 5 nitrogen and oxygen atoms in total. The van der Waals surface area contributed by atoms with Gasteiger partial charge in [0, 0.05) is 18.4 Å². The molecule has 3 aliphatic rings. The summed E-state index contributed by atoms with van der Waals surface area (Å²) in [5.74, 6) is 0.557. The zero-order valence-corrected chi connectivity index (χ0v) is 14.3. The second kappa shape index (κ2) is 5.01. The molecule has 23 heavy (non-hydrogen) atoms. The van der Waals surface area contributed by atoms with Crippen LogP contribution in [-0.2, 0) is 0 Å². The summed E-state index contributed by atoms with van der Waals surface area (Å²) in [7, 11) is -3.01. The number of fused-ring (bicyclic) bond motifs is 5. The zero-order chi connectivity index (χ0) is 16.5. The molecule has 1 saturated heterocycles. The van der Waals surface area contributed by atoms with E-state index in [9.17, 15) is 14.2 Å². The molecule has 2 aliphatic carbocycles. The molecule has 4 rings (SSSR count). The SMILES string of the molecule is Cc1c(N2C[C@H]3[C@@H]4C[C@@H]([C@H]3S2(O)O)[C@@H](O)C4)ccc(C#N)c1Cl. The zero-order valence-electron chi connectivity index (χ0n) is 12.7. The number of nitriles is 1. The number of aliphatic hydroxyl groups excluding tert-OH is 1. The molecule has 2 saturated carbocycles. The molecule has 7 heteroatoms. The van der Waals surface area contributed by atoms with E-state index >= 15 is 0 Å². The molecule has 1 heterocycles. The summed E-state index contributed by atoms with van der Waals surface area (Å²) in [6, 6.07) is 5.41. The van der Waals surface area contributed by atoms with Gasteiger partial charge in [0.15, 0.2) is 0 Å². The first-order valence-corrected chi connectivity index (χ1v) is 9.72. The highest BCUT2D eigenvalue weighted by molar-refractivity contribution is 8.26. The van der Waals surface area contributed by atoms with Gasteiger partial charge in [-0.25, -0.2) is 0 Å². The lowest BCUT2D eigenvalue weighted by atomic mass is 9.87. The molecule has 1 aromatic carbocycles. The van der Waals surface area contributed by atoms with E-state index in [1.807, 2.05) is 6.07 Å². The monoisotopic (exact) mass is 354 g/mol. The molecule has 0 amide bonds. The van der Waals surface area contributed by atoms with Gasteiger partial charge in [-0.1, -0.05) is 11.6 Å². The Bertz CT molecular complexity index is 720. The Labute approximate surface area is 142 Å². The van der Waals surface area contributed by atoms with Crippen molar-refractivity contribution in [3.8, 4) is 6.07 Å². The van der Waals surface area contributed by atoms with E-state index in [1.165, 1.54) is 0 Å². The number of hydrogen-bond acceptors (Lipinski definition) is 5. The van der Waals surface area contributed by atoms with Crippen LogP contribution in [-0.4, -0.2) is 32.1 Å². The van der Waals surface area contributed by atoms with Gasteiger partial charge in [-0.3, -0.25) is 13.4 Å². The Morgan fingerprint density at radius 1 is 1.30 bits per heavy atom. The molecule has 3 fully saturated rings. The molecule has 0 aromatic heterocycles. The molecule has 0 spiro atoms. The summed E-state index contributed by atoms with van der Waals surface area (Å²) in [5, 5.41) is 19.3. The average Bonchev–Trinajstić information content (AvgIpc) is 3.12. The van der Waals surface area contributed by atoms with Gasteiger partial charge in [0.05, 0.1) is 27.6 Å². The summed E-state index contributed by atoms with van der Waals surface area (Å²) in [5.41, 5.74) is 1.76. The lowest BCUT2D eigenvalue weighted by molar-refractivity contribution is 0.100. The third-order valence-electron chi connectivity index (χ3n) is 5.88. The van der Waals surface area contributed by atoms with Crippen molar-refractivity contribution in [1.82, 2.24) is 0 Å². The topological polar surface area (TPSA) is 87.7 Å². The fraction of sp³-hybridized carbons (Fsp3) is 0.562. The van der Waals surface area contributed by atoms with E-state index in [1.54, 1.807) is 23.4 Å². The maximum atomic E-state index is 10.9. The Kier molecular flexibility index (Phi) is 3.39. The van der Waals surface area contributed by atoms with E-state index in [-0.39, 0.29) is 17.1 Å². The molecule has 3 N–H and O–H groups in total. The highest BCUT2D eigenvalue weighted by Crippen LogP contribution is 2.69. The van der Waals surface area contributed by atoms with Gasteiger partial charge >= 0.3 is 0 Å². The Morgan fingerprint density at radius 3 is 2.74 bits per heavy atom. The van der Waals surface area contributed by atoms with Crippen LogP contribution in [0, 0.1) is 36.0 Å². The highest BCUT2D eigenvalue weighted by atomic mass is 35.5. The first-order chi connectivity index (χ1) is 10.9. The summed E-state index contributed by atoms with van der Waals surface area (Å²) in [4.78, 5) is 0. The third-order valence-corrected chi connectivity index (χ3v) is 8.79. The predicted octanol–water partition coefficient (Wildman–Crippen LogP) is 3.39. The van der Waals surface area contributed by atoms with E-state index in [0.717, 1.165) is 12.8 Å². The van der Waals surface area contributed by atoms with E-state index in [4.69, 9.17) is 16.9 Å². The largest absolute Gasteiger partial charge is 0.393 e. The third kappa shape index (κ3) is 1.98. The molecular weight excluding hydrogens is 336 g/mol. The molecule has 1 aliphatic heterocycles. The number of anilines is 1. The molecule has 0 radical (unpaired) electrons. The highest BCUT2D eigenvalue weighted by Gasteiger charge is 2.62. The van der Waals surface area contributed by atoms with Crippen LogP contribution in [0.15, 0.2) is 12.1 Å². The number of halogens is 1. The fourth-order valence-electron chi connectivity index (χ4n) is 4.82. The number of nitrogens with zero attached hydrogens (tertiary/aromatic N) is 2. The van der Waals surface area contributed by atoms with Crippen LogP contribution in [0.1, 0.15) is 24.0 Å². The minimum atomic E-state index is -3.01. The molecule has 2 bridgehead atoms. The van der Waals surface area contributed by atoms with Gasteiger partial charge in [0.25, 0.3) is 0 Å². The van der Waals surface area contributed by atoms with Gasteiger partial charge < -0.3 is 5.11 Å². The van der Waals surface area contributed by atoms with E-state index in [0.29, 0.717) is 34.3 Å². The van der Waals surface area contributed by atoms with Crippen LogP contribution in [0.2, 0.25) is 5.02 Å². The number of rotatable bonds is 1. The minimum Gasteiger partial charge on any atom is -0.393 e. The molecular formula is C16H19ClN2O3S. The molecule has 0 unspecified atom stereocenters. The first-order valence-electron chi connectivity index (χ1n) is 7.78. The normalized spacial score (nSPS) is 38.4. The summed E-state index contributed by atoms with van der Waals surface area (Å²) >= 11 is 6.24. The van der Waals surface area contributed by atoms with Crippen LogP contribution in [0.4, 0.5) is 5.69 Å². The van der Waals surface area contributed by atoms with Crippen LogP contribution < -0.4 is 4.31 Å². The predicted molar refractivity (Wildman–Crippen MR) is 90.6 cm³/mol. The quantitative estimate of drug-likeness (QED) is 0.719. The second-order valence-electron chi connectivity index (χ2n) is 6.90. The van der Waals surface area contributed by atoms with E-state index < -0.39 is 16.9 Å². The van der Waals surface area contributed by atoms with Crippen LogP contribution >= 0.6 is 22.4 Å². The number of hydrogen-bond donors (Lipinski definition) is 3. The Hall–Kier alpha value is -0.970. The molecule has 1 aromatic rings.